The van der Waals surface area contributed by atoms with Crippen LogP contribution in [0.1, 0.15) is 11.5 Å². The molecule has 2 N–H and O–H groups in total. The molecule has 0 amide bonds. The van der Waals surface area contributed by atoms with Crippen LogP contribution in [0.3, 0.4) is 0 Å². The Morgan fingerprint density at radius 1 is 1.58 bits per heavy atom. The SMILES string of the molecule is [CH-]=[N+](O)c1c(C)nc(C)[nH]c1=O. The molecule has 1 aromatic rings. The van der Waals surface area contributed by atoms with Gasteiger partial charge < -0.3 is 10.2 Å². The summed E-state index contributed by atoms with van der Waals surface area (Å²) in [4.78, 5) is 17.5. The summed E-state index contributed by atoms with van der Waals surface area (Å²) in [6, 6.07) is 0. The van der Waals surface area contributed by atoms with Crippen molar-refractivity contribution in [3.8, 4) is 0 Å². The average molecular weight is 167 g/mol. The lowest BCUT2D eigenvalue weighted by Gasteiger charge is -2.03. The first-order valence-corrected chi connectivity index (χ1v) is 3.33. The van der Waals surface area contributed by atoms with Crippen LogP contribution >= 0.6 is 0 Å². The van der Waals surface area contributed by atoms with Gasteiger partial charge >= 0.3 is 0 Å². The number of nitrogens with zero attached hydrogens (tertiary/aromatic N) is 2. The molecule has 0 radical (unpaired) electrons. The molecule has 5 heteroatoms. The second kappa shape index (κ2) is 2.77. The van der Waals surface area contributed by atoms with Gasteiger partial charge in [-0.3, -0.25) is 9.78 Å². The number of aromatic amines is 1. The molecule has 64 valence electrons. The molecule has 0 saturated heterocycles. The van der Waals surface area contributed by atoms with Gasteiger partial charge in [0.25, 0.3) is 0 Å². The highest BCUT2D eigenvalue weighted by Gasteiger charge is 2.06. The molecule has 0 bridgehead atoms. The monoisotopic (exact) mass is 167 g/mol. The molecule has 0 aliphatic heterocycles. The van der Waals surface area contributed by atoms with Crippen LogP contribution in [0.4, 0.5) is 5.69 Å². The topological polar surface area (TPSA) is 69.0 Å². The number of aryl methyl sites for hydroxylation is 2. The number of hydrogen-bond acceptors (Lipinski definition) is 3. The molecule has 5 nitrogen and oxygen atoms in total. The number of rotatable bonds is 1. The highest BCUT2D eigenvalue weighted by Crippen LogP contribution is 2.05. The van der Waals surface area contributed by atoms with E-state index in [2.05, 4.69) is 9.97 Å². The first kappa shape index (κ1) is 8.45. The van der Waals surface area contributed by atoms with Crippen molar-refractivity contribution in [3.63, 3.8) is 0 Å². The minimum Gasteiger partial charge on any atom is -0.321 e. The van der Waals surface area contributed by atoms with Crippen LogP contribution in [0.2, 0.25) is 0 Å². The van der Waals surface area contributed by atoms with E-state index in [0.717, 1.165) is 0 Å². The van der Waals surface area contributed by atoms with E-state index in [0.29, 0.717) is 11.5 Å². The Bertz CT molecular complexity index is 381. The van der Waals surface area contributed by atoms with Crippen molar-refractivity contribution in [1.29, 1.82) is 0 Å². The van der Waals surface area contributed by atoms with Crippen molar-refractivity contribution < 1.29 is 9.95 Å². The maximum absolute atomic E-state index is 11.1. The predicted molar refractivity (Wildman–Crippen MR) is 42.1 cm³/mol. The van der Waals surface area contributed by atoms with E-state index in [1.165, 1.54) is 0 Å². The highest BCUT2D eigenvalue weighted by atomic mass is 16.5. The fourth-order valence-corrected chi connectivity index (χ4v) is 0.990. The lowest BCUT2D eigenvalue weighted by atomic mass is 10.3. The van der Waals surface area contributed by atoms with Crippen LogP contribution in [0.5, 0.6) is 0 Å². The zero-order chi connectivity index (χ0) is 9.30. The van der Waals surface area contributed by atoms with E-state index < -0.39 is 5.56 Å². The van der Waals surface area contributed by atoms with Crippen molar-refractivity contribution in [2.75, 3.05) is 0 Å². The van der Waals surface area contributed by atoms with Crippen LogP contribution < -0.4 is 5.56 Å². The molecular formula is C7H9N3O2. The lowest BCUT2D eigenvalue weighted by molar-refractivity contribution is -0.707. The summed E-state index contributed by atoms with van der Waals surface area (Å²) < 4.78 is 0.264. The third kappa shape index (κ3) is 1.34. The van der Waals surface area contributed by atoms with Crippen LogP contribution in [-0.4, -0.2) is 26.6 Å². The van der Waals surface area contributed by atoms with Crippen molar-refractivity contribution >= 4 is 12.4 Å². The van der Waals surface area contributed by atoms with E-state index in [1.54, 1.807) is 13.8 Å². The quantitative estimate of drug-likeness (QED) is 0.203. The van der Waals surface area contributed by atoms with Crippen molar-refractivity contribution in [1.82, 2.24) is 9.97 Å². The minimum atomic E-state index is -0.454. The standard InChI is InChI=1S/C7H9N3O2/c1-4-6(10(3)12)7(11)9-5(2)8-4/h3,12H,1-2H3,(H,8,9,11). The molecular weight excluding hydrogens is 158 g/mol. The summed E-state index contributed by atoms with van der Waals surface area (Å²) in [5, 5.41) is 8.83. The smallest absolute Gasteiger partial charge is 0.243 e. The fraction of sp³-hybridized carbons (Fsp3) is 0.286. The molecule has 0 aliphatic carbocycles. The largest absolute Gasteiger partial charge is 0.321 e. The molecule has 12 heavy (non-hydrogen) atoms. The summed E-state index contributed by atoms with van der Waals surface area (Å²) in [5.74, 6) is 0.489. The highest BCUT2D eigenvalue weighted by molar-refractivity contribution is 5.34. The normalized spacial score (nSPS) is 9.83. The molecule has 0 aliphatic rings. The maximum atomic E-state index is 11.1. The van der Waals surface area contributed by atoms with Gasteiger partial charge in [-0.15, -0.1) is 4.74 Å². The predicted octanol–water partition coefficient (Wildman–Crippen LogP) is -0.00246. The molecule has 0 spiro atoms. The second-order valence-electron chi connectivity index (χ2n) is 2.43. The van der Waals surface area contributed by atoms with Gasteiger partial charge in [0.2, 0.25) is 5.56 Å². The Balaban J connectivity index is 3.49. The first-order valence-electron chi connectivity index (χ1n) is 3.33. The summed E-state index contributed by atoms with van der Waals surface area (Å²) >= 11 is 0. The molecule has 0 unspecified atom stereocenters. The van der Waals surface area contributed by atoms with E-state index in [9.17, 15) is 4.79 Å². The van der Waals surface area contributed by atoms with Crippen LogP contribution in [0.25, 0.3) is 0 Å². The minimum absolute atomic E-state index is 0.0411. The fourth-order valence-electron chi connectivity index (χ4n) is 0.990. The third-order valence-electron chi connectivity index (χ3n) is 1.42. The number of hydrogen-bond donors (Lipinski definition) is 2. The first-order chi connectivity index (χ1) is 5.52. The van der Waals surface area contributed by atoms with Gasteiger partial charge in [0.05, 0.1) is 6.72 Å². The van der Waals surface area contributed by atoms with Crippen LogP contribution in [-0.2, 0) is 0 Å². The maximum Gasteiger partial charge on any atom is 0.243 e. The third-order valence-corrected chi connectivity index (χ3v) is 1.42. The van der Waals surface area contributed by atoms with Gasteiger partial charge in [-0.1, -0.05) is 0 Å². The molecule has 0 saturated carbocycles. The molecule has 0 atom stereocenters. The Kier molecular flexibility index (Phi) is 1.95. The summed E-state index contributed by atoms with van der Waals surface area (Å²) in [6.45, 7) is 8.23. The summed E-state index contributed by atoms with van der Waals surface area (Å²) in [5.41, 5.74) is -0.105. The Labute approximate surface area is 69.0 Å². The molecule has 1 aromatic heterocycles. The van der Waals surface area contributed by atoms with Crippen molar-refractivity contribution in [2.24, 2.45) is 0 Å². The average Bonchev–Trinajstić information content (AvgIpc) is 1.82. The van der Waals surface area contributed by atoms with E-state index in [-0.39, 0.29) is 10.4 Å². The van der Waals surface area contributed by atoms with Crippen LogP contribution in [0, 0.1) is 13.8 Å². The van der Waals surface area contributed by atoms with Crippen LogP contribution in [0.15, 0.2) is 4.79 Å². The van der Waals surface area contributed by atoms with Gasteiger partial charge in [0, 0.05) is 5.69 Å². The molecule has 1 rings (SSSR count). The van der Waals surface area contributed by atoms with E-state index >= 15 is 0 Å². The van der Waals surface area contributed by atoms with Gasteiger partial charge in [0.1, 0.15) is 5.82 Å². The van der Waals surface area contributed by atoms with Gasteiger partial charge in [-0.05, 0) is 13.8 Å². The van der Waals surface area contributed by atoms with Crippen molar-refractivity contribution in [2.45, 2.75) is 13.8 Å². The van der Waals surface area contributed by atoms with Gasteiger partial charge in [-0.25, -0.2) is 0 Å². The zero-order valence-corrected chi connectivity index (χ0v) is 6.83. The van der Waals surface area contributed by atoms with E-state index in [1.807, 2.05) is 0 Å². The zero-order valence-electron chi connectivity index (χ0n) is 6.83. The van der Waals surface area contributed by atoms with Gasteiger partial charge in [0.15, 0.2) is 5.69 Å². The molecule has 0 aromatic carbocycles. The Hall–Kier alpha value is -1.65. The number of H-pyrrole nitrogens is 1. The summed E-state index contributed by atoms with van der Waals surface area (Å²) in [7, 11) is 0. The van der Waals surface area contributed by atoms with E-state index in [4.69, 9.17) is 11.9 Å². The lowest BCUT2D eigenvalue weighted by Crippen LogP contribution is -2.17. The second-order valence-corrected chi connectivity index (χ2v) is 2.43. The molecule has 1 heterocycles. The molecule has 0 fully saturated rings. The number of aromatic nitrogens is 2. The number of nitrogens with one attached hydrogen (secondary N) is 1. The summed E-state index contributed by atoms with van der Waals surface area (Å²) in [6.07, 6.45) is 0. The Morgan fingerprint density at radius 2 is 2.17 bits per heavy atom. The van der Waals surface area contributed by atoms with Crippen molar-refractivity contribution in [3.05, 3.63) is 21.9 Å². The van der Waals surface area contributed by atoms with Gasteiger partial charge in [-0.2, -0.15) is 0 Å². The Morgan fingerprint density at radius 3 is 2.58 bits per heavy atom.